The van der Waals surface area contributed by atoms with Crippen molar-refractivity contribution in [1.82, 2.24) is 5.32 Å². The Hall–Kier alpha value is -1.75. The lowest BCUT2D eigenvalue weighted by Gasteiger charge is -2.28. The first-order valence-electron chi connectivity index (χ1n) is 7.09. The summed E-state index contributed by atoms with van der Waals surface area (Å²) in [6.07, 6.45) is 3.51. The largest absolute Gasteiger partial charge is 0.481 e. The molecule has 1 fully saturated rings. The summed E-state index contributed by atoms with van der Waals surface area (Å²) in [4.78, 5) is 23.0. The van der Waals surface area contributed by atoms with Gasteiger partial charge in [0, 0.05) is 17.3 Å². The molecule has 1 aromatic carbocycles. The van der Waals surface area contributed by atoms with Crippen molar-refractivity contribution in [1.29, 1.82) is 0 Å². The van der Waals surface area contributed by atoms with E-state index in [0.29, 0.717) is 23.7 Å². The van der Waals surface area contributed by atoms with Gasteiger partial charge < -0.3 is 15.7 Å². The molecule has 2 amide bonds. The van der Waals surface area contributed by atoms with Gasteiger partial charge >= 0.3 is 12.0 Å². The minimum absolute atomic E-state index is 0.00668. The first-order chi connectivity index (χ1) is 10.1. The molecule has 0 aromatic heterocycles. The standard InChI is InChI=1S/C15H19ClN2O3/c16-11-5-7-12(8-6-11)18-15(21)17-9-10-3-1-2-4-13(10)14(19)20/h5-8,10,13H,1-4,9H2,(H,19,20)(H2,17,18,21)/t10-,13-/m0/s1. The highest BCUT2D eigenvalue weighted by Gasteiger charge is 2.30. The van der Waals surface area contributed by atoms with Gasteiger partial charge in [-0.15, -0.1) is 0 Å². The summed E-state index contributed by atoms with van der Waals surface area (Å²) in [7, 11) is 0. The van der Waals surface area contributed by atoms with Crippen LogP contribution in [-0.4, -0.2) is 23.7 Å². The predicted octanol–water partition coefficient (Wildman–Crippen LogP) is 3.35. The number of carbonyl (C=O) groups is 2. The molecule has 1 saturated carbocycles. The smallest absolute Gasteiger partial charge is 0.319 e. The molecule has 0 unspecified atom stereocenters. The first kappa shape index (κ1) is 15.6. The van der Waals surface area contributed by atoms with E-state index in [0.717, 1.165) is 19.3 Å². The summed E-state index contributed by atoms with van der Waals surface area (Å²) in [6, 6.07) is 6.48. The number of hydrogen-bond acceptors (Lipinski definition) is 2. The number of carboxylic acids is 1. The van der Waals surface area contributed by atoms with Gasteiger partial charge in [0.1, 0.15) is 0 Å². The van der Waals surface area contributed by atoms with Gasteiger partial charge in [-0.25, -0.2) is 4.79 Å². The molecule has 1 aromatic rings. The number of urea groups is 1. The zero-order valence-corrected chi connectivity index (χ0v) is 12.4. The van der Waals surface area contributed by atoms with Crippen LogP contribution in [0.15, 0.2) is 24.3 Å². The maximum absolute atomic E-state index is 11.8. The van der Waals surface area contributed by atoms with Crippen molar-refractivity contribution in [3.63, 3.8) is 0 Å². The van der Waals surface area contributed by atoms with Crippen LogP contribution in [-0.2, 0) is 4.79 Å². The van der Waals surface area contributed by atoms with Crippen LogP contribution >= 0.6 is 11.6 Å². The second-order valence-electron chi connectivity index (χ2n) is 5.33. The van der Waals surface area contributed by atoms with Crippen LogP contribution in [0.2, 0.25) is 5.02 Å². The molecule has 3 N–H and O–H groups in total. The van der Waals surface area contributed by atoms with Crippen LogP contribution in [0.1, 0.15) is 25.7 Å². The van der Waals surface area contributed by atoms with E-state index in [-0.39, 0.29) is 17.9 Å². The lowest BCUT2D eigenvalue weighted by Crippen LogP contribution is -2.38. The van der Waals surface area contributed by atoms with Gasteiger partial charge in [-0.05, 0) is 43.0 Å². The molecule has 1 aliphatic carbocycles. The normalized spacial score (nSPS) is 21.6. The maximum Gasteiger partial charge on any atom is 0.319 e. The monoisotopic (exact) mass is 310 g/mol. The third kappa shape index (κ3) is 4.63. The summed E-state index contributed by atoms with van der Waals surface area (Å²) in [5, 5.41) is 15.2. The third-order valence-corrected chi connectivity index (χ3v) is 4.11. The van der Waals surface area contributed by atoms with Crippen LogP contribution in [0, 0.1) is 11.8 Å². The average Bonchev–Trinajstić information content (AvgIpc) is 2.48. The van der Waals surface area contributed by atoms with Gasteiger partial charge in [0.25, 0.3) is 0 Å². The van der Waals surface area contributed by atoms with E-state index in [1.807, 2.05) is 0 Å². The number of nitrogens with one attached hydrogen (secondary N) is 2. The van der Waals surface area contributed by atoms with Gasteiger partial charge in [0.15, 0.2) is 0 Å². The topological polar surface area (TPSA) is 78.4 Å². The fourth-order valence-electron chi connectivity index (χ4n) is 2.71. The summed E-state index contributed by atoms with van der Waals surface area (Å²) in [6.45, 7) is 0.385. The van der Waals surface area contributed by atoms with Crippen molar-refractivity contribution in [3.8, 4) is 0 Å². The highest BCUT2D eigenvalue weighted by atomic mass is 35.5. The second kappa shape index (κ2) is 7.31. The molecule has 1 aliphatic rings. The number of anilines is 1. The Labute approximate surface area is 128 Å². The van der Waals surface area contributed by atoms with Crippen molar-refractivity contribution >= 4 is 29.3 Å². The lowest BCUT2D eigenvalue weighted by atomic mass is 9.79. The molecule has 0 bridgehead atoms. The minimum atomic E-state index is -0.764. The molecule has 0 spiro atoms. The molecule has 0 radical (unpaired) electrons. The van der Waals surface area contributed by atoms with Gasteiger partial charge in [-0.2, -0.15) is 0 Å². The number of halogens is 1. The quantitative estimate of drug-likeness (QED) is 0.798. The van der Waals surface area contributed by atoms with Crippen LogP contribution in [0.4, 0.5) is 10.5 Å². The van der Waals surface area contributed by atoms with Gasteiger partial charge in [0.2, 0.25) is 0 Å². The van der Waals surface area contributed by atoms with Crippen molar-refractivity contribution in [3.05, 3.63) is 29.3 Å². The van der Waals surface area contributed by atoms with Crippen molar-refractivity contribution in [2.45, 2.75) is 25.7 Å². The number of hydrogen-bond donors (Lipinski definition) is 3. The lowest BCUT2D eigenvalue weighted by molar-refractivity contribution is -0.144. The molecule has 6 heteroatoms. The number of benzene rings is 1. The Morgan fingerprint density at radius 2 is 1.86 bits per heavy atom. The Morgan fingerprint density at radius 3 is 2.52 bits per heavy atom. The summed E-state index contributed by atoms with van der Waals surface area (Å²) >= 11 is 5.77. The van der Waals surface area contributed by atoms with E-state index in [1.54, 1.807) is 24.3 Å². The average molecular weight is 311 g/mol. The Kier molecular flexibility index (Phi) is 5.44. The Balaban J connectivity index is 1.82. The van der Waals surface area contributed by atoms with Crippen LogP contribution in [0.25, 0.3) is 0 Å². The van der Waals surface area contributed by atoms with Crippen LogP contribution in [0.3, 0.4) is 0 Å². The molecule has 2 atom stereocenters. The first-order valence-corrected chi connectivity index (χ1v) is 7.47. The zero-order valence-electron chi connectivity index (χ0n) is 11.6. The van der Waals surface area contributed by atoms with Crippen LogP contribution in [0.5, 0.6) is 0 Å². The molecule has 2 rings (SSSR count). The molecular weight excluding hydrogens is 292 g/mol. The third-order valence-electron chi connectivity index (χ3n) is 3.85. The van der Waals surface area contributed by atoms with Crippen molar-refractivity contribution in [2.75, 3.05) is 11.9 Å². The van der Waals surface area contributed by atoms with E-state index in [2.05, 4.69) is 10.6 Å². The maximum atomic E-state index is 11.8. The number of carbonyl (C=O) groups excluding carboxylic acids is 1. The highest BCUT2D eigenvalue weighted by Crippen LogP contribution is 2.29. The van der Waals surface area contributed by atoms with Crippen LogP contribution < -0.4 is 10.6 Å². The van der Waals surface area contributed by atoms with Crippen molar-refractivity contribution in [2.24, 2.45) is 11.8 Å². The fourth-order valence-corrected chi connectivity index (χ4v) is 2.84. The van der Waals surface area contributed by atoms with E-state index >= 15 is 0 Å². The molecular formula is C15H19ClN2O3. The van der Waals surface area contributed by atoms with Gasteiger partial charge in [-0.3, -0.25) is 4.79 Å². The molecule has 21 heavy (non-hydrogen) atoms. The SMILES string of the molecule is O=C(NC[C@@H]1CCCC[C@@H]1C(=O)O)Nc1ccc(Cl)cc1. The Morgan fingerprint density at radius 1 is 1.19 bits per heavy atom. The summed E-state index contributed by atoms with van der Waals surface area (Å²) in [5.41, 5.74) is 0.648. The number of aliphatic carboxylic acids is 1. The minimum Gasteiger partial charge on any atom is -0.481 e. The molecule has 114 valence electrons. The van der Waals surface area contributed by atoms with E-state index in [4.69, 9.17) is 11.6 Å². The highest BCUT2D eigenvalue weighted by molar-refractivity contribution is 6.30. The predicted molar refractivity (Wildman–Crippen MR) is 81.6 cm³/mol. The zero-order chi connectivity index (χ0) is 15.2. The molecule has 5 nitrogen and oxygen atoms in total. The molecule has 0 heterocycles. The van der Waals surface area contributed by atoms with Gasteiger partial charge in [-0.1, -0.05) is 24.4 Å². The van der Waals surface area contributed by atoms with Crippen molar-refractivity contribution < 1.29 is 14.7 Å². The Bertz CT molecular complexity index is 504. The van der Waals surface area contributed by atoms with E-state index in [9.17, 15) is 14.7 Å². The van der Waals surface area contributed by atoms with Gasteiger partial charge in [0.05, 0.1) is 5.92 Å². The summed E-state index contributed by atoms with van der Waals surface area (Å²) < 4.78 is 0. The van der Waals surface area contributed by atoms with E-state index in [1.165, 1.54) is 0 Å². The number of amides is 2. The summed E-state index contributed by atoms with van der Waals surface area (Å²) in [5.74, 6) is -1.11. The molecule has 0 aliphatic heterocycles. The number of carboxylic acid groups (broad SMARTS) is 1. The van der Waals surface area contributed by atoms with E-state index < -0.39 is 5.97 Å². The number of rotatable bonds is 4. The second-order valence-corrected chi connectivity index (χ2v) is 5.77. The fraction of sp³-hybridized carbons (Fsp3) is 0.467. The molecule has 0 saturated heterocycles.